The molecule has 31 heavy (non-hydrogen) atoms. The molecule has 1 fully saturated rings. The van der Waals surface area contributed by atoms with Crippen molar-refractivity contribution in [1.82, 2.24) is 4.90 Å². The van der Waals surface area contributed by atoms with Crippen molar-refractivity contribution in [2.75, 3.05) is 31.5 Å². The highest BCUT2D eigenvalue weighted by Crippen LogP contribution is 2.28. The van der Waals surface area contributed by atoms with E-state index in [4.69, 9.17) is 21.1 Å². The molecule has 2 aromatic carbocycles. The van der Waals surface area contributed by atoms with E-state index in [2.05, 4.69) is 4.72 Å². The van der Waals surface area contributed by atoms with E-state index in [-0.39, 0.29) is 39.2 Å². The van der Waals surface area contributed by atoms with Crippen molar-refractivity contribution in [2.45, 2.75) is 24.7 Å². The van der Waals surface area contributed by atoms with Gasteiger partial charge in [-0.2, -0.15) is 0 Å². The van der Waals surface area contributed by atoms with Crippen LogP contribution in [-0.4, -0.2) is 52.0 Å². The second kappa shape index (κ2) is 9.57. The van der Waals surface area contributed by atoms with Crippen molar-refractivity contribution in [3.63, 3.8) is 0 Å². The fourth-order valence-corrected chi connectivity index (χ4v) is 4.61. The number of hydrogen-bond acceptors (Lipinski definition) is 6. The summed E-state index contributed by atoms with van der Waals surface area (Å²) >= 11 is 6.11. The summed E-state index contributed by atoms with van der Waals surface area (Å²) in [5.41, 5.74) is 0.485. The molecule has 3 rings (SSSR count). The van der Waals surface area contributed by atoms with Crippen molar-refractivity contribution in [2.24, 2.45) is 0 Å². The van der Waals surface area contributed by atoms with Crippen LogP contribution < -0.4 is 9.46 Å². The number of hydrogen-bond donors (Lipinski definition) is 1. The molecule has 8 nitrogen and oxygen atoms in total. The molecule has 0 aromatic heterocycles. The summed E-state index contributed by atoms with van der Waals surface area (Å²) in [6.45, 7) is 3.12. The summed E-state index contributed by atoms with van der Waals surface area (Å²) in [6, 6.07) is 8.23. The number of nitrogens with zero attached hydrogens (tertiary/aromatic N) is 1. The van der Waals surface area contributed by atoms with Crippen molar-refractivity contribution in [1.29, 1.82) is 0 Å². The van der Waals surface area contributed by atoms with Gasteiger partial charge in [-0.1, -0.05) is 11.6 Å². The molecule has 0 spiro atoms. The van der Waals surface area contributed by atoms with E-state index in [1.165, 1.54) is 43.5 Å². The summed E-state index contributed by atoms with van der Waals surface area (Å²) < 4.78 is 38.4. The minimum atomic E-state index is -4.03. The molecule has 0 radical (unpaired) electrons. The predicted octanol–water partition coefficient (Wildman–Crippen LogP) is 3.56. The Hall–Kier alpha value is -2.78. The van der Waals surface area contributed by atoms with E-state index in [9.17, 15) is 18.0 Å². The van der Waals surface area contributed by atoms with Gasteiger partial charge in [0.15, 0.2) is 0 Å². The van der Waals surface area contributed by atoms with E-state index in [0.29, 0.717) is 18.8 Å². The van der Waals surface area contributed by atoms with Gasteiger partial charge in [0.25, 0.3) is 15.9 Å². The van der Waals surface area contributed by atoms with Crippen LogP contribution in [0.3, 0.4) is 0 Å². The number of anilines is 1. The monoisotopic (exact) mass is 466 g/mol. The van der Waals surface area contributed by atoms with Gasteiger partial charge < -0.3 is 14.4 Å². The second-order valence-electron chi connectivity index (χ2n) is 6.88. The zero-order chi connectivity index (χ0) is 22.6. The number of nitrogens with one attached hydrogen (secondary N) is 1. The molecule has 0 saturated carbocycles. The molecule has 1 aliphatic rings. The lowest BCUT2D eigenvalue weighted by molar-refractivity contribution is 0.0526. The number of esters is 1. The van der Waals surface area contributed by atoms with Crippen molar-refractivity contribution < 1.29 is 27.5 Å². The fourth-order valence-electron chi connectivity index (χ4n) is 3.28. The average molecular weight is 467 g/mol. The Bertz CT molecular complexity index is 1100. The fraction of sp³-hybridized carbons (Fsp3) is 0.333. The first-order chi connectivity index (χ1) is 14.8. The Labute approximate surface area is 186 Å². The Balaban J connectivity index is 1.88. The van der Waals surface area contributed by atoms with Crippen LogP contribution in [0.1, 0.15) is 40.5 Å². The smallest absolute Gasteiger partial charge is 0.339 e. The van der Waals surface area contributed by atoms with E-state index < -0.39 is 16.0 Å². The quantitative estimate of drug-likeness (QED) is 0.626. The first-order valence-electron chi connectivity index (χ1n) is 9.73. The third-order valence-corrected chi connectivity index (χ3v) is 6.51. The topological polar surface area (TPSA) is 102 Å². The van der Waals surface area contributed by atoms with Crippen LogP contribution in [0.25, 0.3) is 0 Å². The molecule has 2 aromatic rings. The molecule has 1 N–H and O–H groups in total. The lowest BCUT2D eigenvalue weighted by atomic mass is 10.1. The van der Waals surface area contributed by atoms with Crippen LogP contribution in [-0.2, 0) is 14.8 Å². The number of halogens is 1. The van der Waals surface area contributed by atoms with E-state index in [1.54, 1.807) is 11.8 Å². The number of carbonyl (C=O) groups excluding carboxylic acids is 2. The predicted molar refractivity (Wildman–Crippen MR) is 116 cm³/mol. The lowest BCUT2D eigenvalue weighted by Gasteiger charge is -2.18. The first kappa shape index (κ1) is 22.9. The number of benzene rings is 2. The van der Waals surface area contributed by atoms with E-state index in [0.717, 1.165) is 12.8 Å². The number of carbonyl (C=O) groups is 2. The molecule has 1 aliphatic heterocycles. The molecule has 1 saturated heterocycles. The number of amides is 1. The van der Waals surface area contributed by atoms with E-state index >= 15 is 0 Å². The Morgan fingerprint density at radius 3 is 2.42 bits per heavy atom. The molecule has 166 valence electrons. The lowest BCUT2D eigenvalue weighted by Crippen LogP contribution is -2.28. The Morgan fingerprint density at radius 1 is 1.10 bits per heavy atom. The molecule has 10 heteroatoms. The number of sulfonamides is 1. The van der Waals surface area contributed by atoms with Crippen molar-refractivity contribution >= 4 is 39.2 Å². The SMILES string of the molecule is CCOC(=O)c1ccc(NS(=O)(=O)c2ccc(OC)c(C(=O)N3CCCC3)c2)cc1Cl. The summed E-state index contributed by atoms with van der Waals surface area (Å²) in [5, 5.41) is 0.0540. The zero-order valence-corrected chi connectivity index (χ0v) is 18.8. The van der Waals surface area contributed by atoms with Crippen LogP contribution in [0, 0.1) is 0 Å². The normalized spacial score (nSPS) is 13.7. The average Bonchev–Trinajstić information content (AvgIpc) is 3.27. The maximum Gasteiger partial charge on any atom is 0.339 e. The number of rotatable bonds is 7. The highest BCUT2D eigenvalue weighted by molar-refractivity contribution is 7.92. The van der Waals surface area contributed by atoms with E-state index in [1.807, 2.05) is 0 Å². The highest BCUT2D eigenvalue weighted by Gasteiger charge is 2.25. The molecule has 0 atom stereocenters. The summed E-state index contributed by atoms with van der Waals surface area (Å²) in [7, 11) is -2.60. The highest BCUT2D eigenvalue weighted by atomic mass is 35.5. The zero-order valence-electron chi connectivity index (χ0n) is 17.2. The number of methoxy groups -OCH3 is 1. The third kappa shape index (κ3) is 5.11. The van der Waals surface area contributed by atoms with Crippen LogP contribution >= 0.6 is 11.6 Å². The Kier molecular flexibility index (Phi) is 7.07. The maximum atomic E-state index is 12.9. The third-order valence-electron chi connectivity index (χ3n) is 4.82. The summed E-state index contributed by atoms with van der Waals surface area (Å²) in [5.74, 6) is -0.562. The van der Waals surface area contributed by atoms with Gasteiger partial charge in [0, 0.05) is 13.1 Å². The molecule has 0 aliphatic carbocycles. The molecule has 0 unspecified atom stereocenters. The van der Waals surface area contributed by atoms with Gasteiger partial charge in [-0.3, -0.25) is 9.52 Å². The van der Waals surface area contributed by atoms with Gasteiger partial charge in [-0.15, -0.1) is 0 Å². The minimum absolute atomic E-state index is 0.0540. The van der Waals surface area contributed by atoms with Gasteiger partial charge in [0.2, 0.25) is 0 Å². The van der Waals surface area contributed by atoms with Crippen molar-refractivity contribution in [3.8, 4) is 5.75 Å². The first-order valence-corrected chi connectivity index (χ1v) is 11.6. The number of ether oxygens (including phenoxy) is 2. The van der Waals surface area contributed by atoms with Gasteiger partial charge in [-0.25, -0.2) is 13.2 Å². The van der Waals surface area contributed by atoms with Gasteiger partial charge in [0.1, 0.15) is 5.75 Å². The van der Waals surface area contributed by atoms with Gasteiger partial charge in [-0.05, 0) is 56.2 Å². The van der Waals surface area contributed by atoms with Crippen LogP contribution in [0.5, 0.6) is 5.75 Å². The molecule has 0 bridgehead atoms. The van der Waals surface area contributed by atoms with Gasteiger partial charge in [0.05, 0.1) is 40.4 Å². The molecule has 1 heterocycles. The molecule has 1 amide bonds. The molecular weight excluding hydrogens is 444 g/mol. The maximum absolute atomic E-state index is 12.9. The standard InChI is InChI=1S/C21H23ClN2O6S/c1-3-30-21(26)16-8-6-14(12-18(16)22)23-31(27,28)15-7-9-19(29-2)17(13-15)20(25)24-10-4-5-11-24/h6-9,12-13,23H,3-5,10-11H2,1-2H3. The van der Waals surface area contributed by atoms with Crippen LogP contribution in [0.2, 0.25) is 5.02 Å². The van der Waals surface area contributed by atoms with Crippen LogP contribution in [0.15, 0.2) is 41.3 Å². The summed E-state index contributed by atoms with van der Waals surface area (Å²) in [6.07, 6.45) is 1.83. The number of likely N-dealkylation sites (tertiary alicyclic amines) is 1. The minimum Gasteiger partial charge on any atom is -0.496 e. The molecular formula is C21H23ClN2O6S. The second-order valence-corrected chi connectivity index (χ2v) is 8.97. The summed E-state index contributed by atoms with van der Waals surface area (Å²) in [4.78, 5) is 26.3. The van der Waals surface area contributed by atoms with Crippen molar-refractivity contribution in [3.05, 3.63) is 52.5 Å². The Morgan fingerprint density at radius 2 is 1.81 bits per heavy atom. The van der Waals surface area contributed by atoms with Crippen LogP contribution in [0.4, 0.5) is 5.69 Å². The largest absolute Gasteiger partial charge is 0.496 e. The van der Waals surface area contributed by atoms with Gasteiger partial charge >= 0.3 is 5.97 Å².